The number of hydrogen-bond donors (Lipinski definition) is 3. The molecule has 5 heteroatoms. The third-order valence-corrected chi connectivity index (χ3v) is 6.93. The minimum absolute atomic E-state index is 0.196. The number of phenolic OH excluding ortho intramolecular Hbond substituents is 1. The number of benzene rings is 2. The summed E-state index contributed by atoms with van der Waals surface area (Å²) < 4.78 is 14.7. The molecule has 2 heterocycles. The number of aromatic nitrogens is 1. The fraction of sp³-hybridized carbons (Fsp3) is 0.333. The highest BCUT2D eigenvalue weighted by atomic mass is 19.1. The summed E-state index contributed by atoms with van der Waals surface area (Å²) in [6, 6.07) is 12.3. The maximum atomic E-state index is 14.7. The highest BCUT2D eigenvalue weighted by Crippen LogP contribution is 2.52. The lowest BCUT2D eigenvalue weighted by atomic mass is 9.56. The summed E-state index contributed by atoms with van der Waals surface area (Å²) in [4.78, 5) is 5.61. The zero-order chi connectivity index (χ0) is 20.2. The summed E-state index contributed by atoms with van der Waals surface area (Å²) in [6.45, 7) is 5.85. The van der Waals surface area contributed by atoms with Crippen LogP contribution in [0.2, 0.25) is 0 Å². The van der Waals surface area contributed by atoms with Crippen molar-refractivity contribution in [3.8, 4) is 5.75 Å². The van der Waals surface area contributed by atoms with Crippen LogP contribution in [0.5, 0.6) is 5.75 Å². The number of likely N-dealkylation sites (tertiary alicyclic amines) is 1. The van der Waals surface area contributed by atoms with E-state index in [9.17, 15) is 14.6 Å². The van der Waals surface area contributed by atoms with Crippen molar-refractivity contribution in [2.45, 2.75) is 30.3 Å². The minimum atomic E-state index is -1.08. The number of aliphatic hydroxyl groups is 1. The van der Waals surface area contributed by atoms with Gasteiger partial charge in [-0.1, -0.05) is 24.3 Å². The average molecular weight is 392 g/mol. The number of piperidine rings is 1. The van der Waals surface area contributed by atoms with E-state index >= 15 is 0 Å². The van der Waals surface area contributed by atoms with E-state index in [0.29, 0.717) is 31.3 Å². The monoisotopic (exact) mass is 392 g/mol. The van der Waals surface area contributed by atoms with Gasteiger partial charge in [0, 0.05) is 47.9 Å². The Hall–Kier alpha value is -2.63. The molecule has 0 unspecified atom stereocenters. The Bertz CT molecular complexity index is 1110. The number of H-pyrrole nitrogens is 1. The molecular formula is C24H25FN2O2. The summed E-state index contributed by atoms with van der Waals surface area (Å²) >= 11 is 0. The van der Waals surface area contributed by atoms with Gasteiger partial charge in [0.25, 0.3) is 0 Å². The van der Waals surface area contributed by atoms with Gasteiger partial charge in [0.2, 0.25) is 0 Å². The van der Waals surface area contributed by atoms with Crippen LogP contribution in [0, 0.1) is 5.82 Å². The number of fused-ring (bicyclic) bond motifs is 4. The molecule has 0 bridgehead atoms. The van der Waals surface area contributed by atoms with Gasteiger partial charge in [-0.05, 0) is 48.4 Å². The van der Waals surface area contributed by atoms with Crippen molar-refractivity contribution in [1.29, 1.82) is 0 Å². The van der Waals surface area contributed by atoms with E-state index in [-0.39, 0.29) is 11.6 Å². The Balaban J connectivity index is 1.71. The first-order valence-corrected chi connectivity index (χ1v) is 10.1. The van der Waals surface area contributed by atoms with Crippen LogP contribution in [0.4, 0.5) is 4.39 Å². The van der Waals surface area contributed by atoms with Gasteiger partial charge in [-0.15, -0.1) is 6.58 Å². The van der Waals surface area contributed by atoms with Crippen LogP contribution in [0.25, 0.3) is 10.9 Å². The van der Waals surface area contributed by atoms with Crippen molar-refractivity contribution in [3.05, 3.63) is 77.8 Å². The number of rotatable bonds is 3. The molecule has 1 aliphatic carbocycles. The average Bonchev–Trinajstić information content (AvgIpc) is 3.03. The summed E-state index contributed by atoms with van der Waals surface area (Å²) in [5.41, 5.74) is 1.93. The Morgan fingerprint density at radius 2 is 2.03 bits per heavy atom. The van der Waals surface area contributed by atoms with Gasteiger partial charge in [-0.25, -0.2) is 4.39 Å². The molecule has 0 saturated carbocycles. The zero-order valence-electron chi connectivity index (χ0n) is 16.3. The first-order valence-electron chi connectivity index (χ1n) is 10.1. The number of nitrogens with one attached hydrogen (secondary N) is 1. The Morgan fingerprint density at radius 3 is 2.83 bits per heavy atom. The topological polar surface area (TPSA) is 59.5 Å². The fourth-order valence-electron chi connectivity index (χ4n) is 5.58. The highest BCUT2D eigenvalue weighted by molar-refractivity contribution is 5.86. The maximum Gasteiger partial charge on any atom is 0.132 e. The lowest BCUT2D eigenvalue weighted by Gasteiger charge is -2.56. The normalized spacial score (nSPS) is 26.8. The van der Waals surface area contributed by atoms with Crippen molar-refractivity contribution in [2.24, 2.45) is 0 Å². The molecule has 1 aliphatic heterocycles. The predicted octanol–water partition coefficient (Wildman–Crippen LogP) is 3.67. The smallest absolute Gasteiger partial charge is 0.132 e. The second kappa shape index (κ2) is 6.44. The van der Waals surface area contributed by atoms with E-state index in [1.165, 1.54) is 6.07 Å². The van der Waals surface area contributed by atoms with E-state index in [1.54, 1.807) is 18.2 Å². The summed E-state index contributed by atoms with van der Waals surface area (Å²) in [6.07, 6.45) is 3.55. The van der Waals surface area contributed by atoms with Crippen LogP contribution >= 0.6 is 0 Å². The summed E-state index contributed by atoms with van der Waals surface area (Å²) in [5, 5.41) is 22.8. The molecule has 150 valence electrons. The van der Waals surface area contributed by atoms with Crippen LogP contribution in [0.3, 0.4) is 0 Å². The molecule has 2 aromatic carbocycles. The van der Waals surface area contributed by atoms with Crippen LogP contribution in [0.15, 0.2) is 55.1 Å². The Labute approximate surface area is 169 Å². The zero-order valence-corrected chi connectivity index (χ0v) is 16.3. The molecule has 0 amide bonds. The van der Waals surface area contributed by atoms with Gasteiger partial charge in [-0.3, -0.25) is 4.90 Å². The molecule has 4 nitrogen and oxygen atoms in total. The molecule has 2 aliphatic rings. The van der Waals surface area contributed by atoms with Crippen LogP contribution in [-0.2, 0) is 18.3 Å². The molecule has 29 heavy (non-hydrogen) atoms. The van der Waals surface area contributed by atoms with E-state index in [1.807, 2.05) is 24.3 Å². The van der Waals surface area contributed by atoms with Crippen LogP contribution < -0.4 is 0 Å². The standard InChI is InChI=1S/C24H25FN2O2/c1-2-10-27-11-9-23(16-5-3-6-17(28)12-16)14-21-18(13-24(23,29)15-27)22-19(25)7-4-8-20(22)26-21/h2-8,12,26,28-29H,1,9-11,13-15H2/t23-,24-/m0/s1. The number of nitrogens with zero attached hydrogens (tertiary/aromatic N) is 1. The number of β-amino-alcohol motifs (C(OH)–C–C–N with tert-alkyl or cyclic N) is 1. The number of halogens is 1. The van der Waals surface area contributed by atoms with Gasteiger partial charge in [0.15, 0.2) is 0 Å². The molecule has 2 atom stereocenters. The molecular weight excluding hydrogens is 367 g/mol. The van der Waals surface area contributed by atoms with Crippen LogP contribution in [-0.4, -0.2) is 45.3 Å². The first kappa shape index (κ1) is 18.4. The van der Waals surface area contributed by atoms with Gasteiger partial charge in [0.05, 0.1) is 5.60 Å². The van der Waals surface area contributed by atoms with Crippen LogP contribution in [0.1, 0.15) is 23.2 Å². The molecule has 3 N–H and O–H groups in total. The Morgan fingerprint density at radius 1 is 1.21 bits per heavy atom. The van der Waals surface area contributed by atoms with E-state index in [2.05, 4.69) is 16.5 Å². The van der Waals surface area contributed by atoms with Crippen molar-refractivity contribution >= 4 is 10.9 Å². The highest BCUT2D eigenvalue weighted by Gasteiger charge is 2.57. The van der Waals surface area contributed by atoms with Crippen molar-refractivity contribution < 1.29 is 14.6 Å². The molecule has 1 saturated heterocycles. The molecule has 3 aromatic rings. The lowest BCUT2D eigenvalue weighted by molar-refractivity contribution is -0.100. The predicted molar refractivity (Wildman–Crippen MR) is 112 cm³/mol. The van der Waals surface area contributed by atoms with E-state index < -0.39 is 11.0 Å². The number of aromatic amines is 1. The summed E-state index contributed by atoms with van der Waals surface area (Å²) in [7, 11) is 0. The number of phenols is 1. The van der Waals surface area contributed by atoms with Crippen molar-refractivity contribution in [2.75, 3.05) is 19.6 Å². The molecule has 0 radical (unpaired) electrons. The third kappa shape index (κ3) is 2.65. The first-order chi connectivity index (χ1) is 14.0. The molecule has 0 spiro atoms. The maximum absolute atomic E-state index is 14.7. The van der Waals surface area contributed by atoms with E-state index in [0.717, 1.165) is 35.3 Å². The SMILES string of the molecule is C=CCN1CC[C@@]2(c3cccc(O)c3)Cc3[nH]c4cccc(F)c4c3C[C@]2(O)C1. The Kier molecular flexibility index (Phi) is 4.09. The van der Waals surface area contributed by atoms with Gasteiger partial charge in [0.1, 0.15) is 11.6 Å². The largest absolute Gasteiger partial charge is 0.508 e. The lowest BCUT2D eigenvalue weighted by Crippen LogP contribution is -2.66. The second-order valence-electron chi connectivity index (χ2n) is 8.54. The number of hydrogen-bond acceptors (Lipinski definition) is 3. The second-order valence-corrected chi connectivity index (χ2v) is 8.54. The molecule has 1 fully saturated rings. The summed E-state index contributed by atoms with van der Waals surface area (Å²) in [5.74, 6) is -0.0616. The quantitative estimate of drug-likeness (QED) is 0.596. The minimum Gasteiger partial charge on any atom is -0.508 e. The molecule has 1 aromatic heterocycles. The fourth-order valence-corrected chi connectivity index (χ4v) is 5.58. The molecule has 5 rings (SSSR count). The van der Waals surface area contributed by atoms with Crippen molar-refractivity contribution in [3.63, 3.8) is 0 Å². The number of aromatic hydroxyl groups is 1. The van der Waals surface area contributed by atoms with E-state index in [4.69, 9.17) is 0 Å². The third-order valence-electron chi connectivity index (χ3n) is 6.93. The van der Waals surface area contributed by atoms with Gasteiger partial charge >= 0.3 is 0 Å². The van der Waals surface area contributed by atoms with Gasteiger partial charge < -0.3 is 15.2 Å². The van der Waals surface area contributed by atoms with Gasteiger partial charge in [-0.2, -0.15) is 0 Å². The van der Waals surface area contributed by atoms with Crippen molar-refractivity contribution in [1.82, 2.24) is 9.88 Å².